The van der Waals surface area contributed by atoms with Crippen molar-refractivity contribution in [1.82, 2.24) is 0 Å². The van der Waals surface area contributed by atoms with Crippen LogP contribution in [0.3, 0.4) is 0 Å². The molecule has 1 heterocycles. The summed E-state index contributed by atoms with van der Waals surface area (Å²) in [5.41, 5.74) is 4.31. The monoisotopic (exact) mass is 321 g/mol. The van der Waals surface area contributed by atoms with E-state index in [4.69, 9.17) is 4.42 Å². The Morgan fingerprint density at radius 3 is 2.54 bits per heavy atom. The molecule has 0 aliphatic heterocycles. The number of anilines is 1. The van der Waals surface area contributed by atoms with Gasteiger partial charge in [0.15, 0.2) is 0 Å². The Balaban J connectivity index is 1.86. The molecule has 0 unspecified atom stereocenters. The predicted octanol–water partition coefficient (Wildman–Crippen LogP) is 1.99. The van der Waals surface area contributed by atoms with E-state index < -0.39 is 11.6 Å². The van der Waals surface area contributed by atoms with E-state index in [1.165, 1.54) is 12.1 Å². The minimum atomic E-state index is -1.24. The van der Waals surface area contributed by atoms with E-state index in [9.17, 15) is 14.7 Å². The van der Waals surface area contributed by atoms with Crippen LogP contribution in [-0.4, -0.2) is 11.7 Å². The number of carbonyl (C=O) groups excluding carboxylic acids is 1. The van der Waals surface area contributed by atoms with Crippen molar-refractivity contribution in [2.75, 3.05) is 5.43 Å². The molecule has 0 radical (unpaired) electrons. The number of nitrogens with one attached hydrogen (secondary N) is 1. The number of para-hydroxylation sites is 1. The van der Waals surface area contributed by atoms with Crippen LogP contribution in [0, 0.1) is 0 Å². The molecule has 0 saturated heterocycles. The summed E-state index contributed by atoms with van der Waals surface area (Å²) >= 11 is 0. The van der Waals surface area contributed by atoms with Crippen molar-refractivity contribution in [2.24, 2.45) is 5.10 Å². The molecule has 0 spiro atoms. The molecule has 3 aromatic rings. The summed E-state index contributed by atoms with van der Waals surface area (Å²) in [6.07, 6.45) is 0. The third-order valence-electron chi connectivity index (χ3n) is 3.50. The molecular formula is C18H13N2O4-. The lowest BCUT2D eigenvalue weighted by atomic mass is 10.1. The zero-order chi connectivity index (χ0) is 17.1. The minimum Gasteiger partial charge on any atom is -0.545 e. The van der Waals surface area contributed by atoms with Crippen LogP contribution in [0.5, 0.6) is 0 Å². The molecule has 0 fully saturated rings. The standard InChI is InChI=1S/C18H14N2O4/c1-11(19-20-14-8-6-12(7-9-14)17(21)22)15-10-13-4-2-3-5-16(13)24-18(15)23/h2-10,20H,1H3,(H,21,22)/p-1/b19-11-. The van der Waals surface area contributed by atoms with Gasteiger partial charge < -0.3 is 14.3 Å². The van der Waals surface area contributed by atoms with E-state index in [0.717, 1.165) is 5.39 Å². The Morgan fingerprint density at radius 1 is 1.12 bits per heavy atom. The highest BCUT2D eigenvalue weighted by Crippen LogP contribution is 2.14. The first kappa shape index (κ1) is 15.5. The maximum absolute atomic E-state index is 12.1. The summed E-state index contributed by atoms with van der Waals surface area (Å²) in [6.45, 7) is 1.68. The third kappa shape index (κ3) is 3.17. The van der Waals surface area contributed by atoms with Crippen LogP contribution in [0.15, 0.2) is 68.9 Å². The summed E-state index contributed by atoms with van der Waals surface area (Å²) in [6, 6.07) is 14.9. The first-order valence-electron chi connectivity index (χ1n) is 7.19. The maximum atomic E-state index is 12.1. The zero-order valence-electron chi connectivity index (χ0n) is 12.8. The molecule has 0 aliphatic carbocycles. The largest absolute Gasteiger partial charge is 0.545 e. The Morgan fingerprint density at radius 2 is 1.83 bits per heavy atom. The summed E-state index contributed by atoms with van der Waals surface area (Å²) in [7, 11) is 0. The smallest absolute Gasteiger partial charge is 0.345 e. The van der Waals surface area contributed by atoms with Crippen molar-refractivity contribution < 1.29 is 14.3 Å². The second-order valence-electron chi connectivity index (χ2n) is 5.16. The predicted molar refractivity (Wildman–Crippen MR) is 89.1 cm³/mol. The maximum Gasteiger partial charge on any atom is 0.345 e. The van der Waals surface area contributed by atoms with E-state index in [0.29, 0.717) is 22.5 Å². The Bertz CT molecular complexity index is 988. The molecule has 24 heavy (non-hydrogen) atoms. The van der Waals surface area contributed by atoms with Crippen LogP contribution in [0.4, 0.5) is 5.69 Å². The number of carboxylic acid groups (broad SMARTS) is 1. The van der Waals surface area contributed by atoms with E-state index >= 15 is 0 Å². The average molecular weight is 321 g/mol. The van der Waals surface area contributed by atoms with Crippen molar-refractivity contribution >= 4 is 28.3 Å². The van der Waals surface area contributed by atoms with Crippen molar-refractivity contribution in [3.8, 4) is 0 Å². The molecule has 6 nitrogen and oxygen atoms in total. The van der Waals surface area contributed by atoms with Crippen molar-refractivity contribution in [1.29, 1.82) is 0 Å². The zero-order valence-corrected chi connectivity index (χ0v) is 12.8. The third-order valence-corrected chi connectivity index (χ3v) is 3.50. The first-order valence-corrected chi connectivity index (χ1v) is 7.19. The average Bonchev–Trinajstić information content (AvgIpc) is 2.59. The van der Waals surface area contributed by atoms with Gasteiger partial charge in [0.1, 0.15) is 5.58 Å². The molecule has 2 aromatic carbocycles. The minimum absolute atomic E-state index is 0.0800. The second-order valence-corrected chi connectivity index (χ2v) is 5.16. The fraction of sp³-hybridized carbons (Fsp3) is 0.0556. The van der Waals surface area contributed by atoms with E-state index in [1.807, 2.05) is 12.1 Å². The molecule has 1 N–H and O–H groups in total. The van der Waals surface area contributed by atoms with Gasteiger partial charge in [-0.3, -0.25) is 5.43 Å². The van der Waals surface area contributed by atoms with Gasteiger partial charge in [0.05, 0.1) is 22.9 Å². The lowest BCUT2D eigenvalue weighted by molar-refractivity contribution is -0.255. The highest BCUT2D eigenvalue weighted by Gasteiger charge is 2.08. The van der Waals surface area contributed by atoms with Gasteiger partial charge in [-0.1, -0.05) is 30.3 Å². The van der Waals surface area contributed by atoms with Crippen molar-refractivity contribution in [3.05, 3.63) is 76.1 Å². The molecule has 1 aromatic heterocycles. The van der Waals surface area contributed by atoms with Crippen molar-refractivity contribution in [3.63, 3.8) is 0 Å². The van der Waals surface area contributed by atoms with Gasteiger partial charge in [0.2, 0.25) is 0 Å². The molecule has 120 valence electrons. The van der Waals surface area contributed by atoms with Crippen LogP contribution in [0.1, 0.15) is 22.8 Å². The number of rotatable bonds is 4. The van der Waals surface area contributed by atoms with E-state index in [-0.39, 0.29) is 5.56 Å². The second kappa shape index (κ2) is 6.37. The number of benzene rings is 2. The first-order chi connectivity index (χ1) is 11.5. The number of hydrogen-bond acceptors (Lipinski definition) is 6. The number of hydrogen-bond donors (Lipinski definition) is 1. The highest BCUT2D eigenvalue weighted by molar-refractivity contribution is 6.00. The molecule has 0 amide bonds. The Kier molecular flexibility index (Phi) is 4.11. The number of nitrogens with zero attached hydrogens (tertiary/aromatic N) is 1. The highest BCUT2D eigenvalue weighted by atomic mass is 16.4. The van der Waals surface area contributed by atoms with E-state index in [1.54, 1.807) is 37.3 Å². The fourth-order valence-corrected chi connectivity index (χ4v) is 2.20. The summed E-state index contributed by atoms with van der Waals surface area (Å²) < 4.78 is 5.27. The normalized spacial score (nSPS) is 11.5. The molecule has 0 aliphatic rings. The van der Waals surface area contributed by atoms with Gasteiger partial charge in [-0.2, -0.15) is 5.10 Å². The van der Waals surface area contributed by atoms with Crippen LogP contribution >= 0.6 is 0 Å². The summed E-state index contributed by atoms with van der Waals surface area (Å²) in [5, 5.41) is 15.7. The number of carboxylic acids is 1. The van der Waals surface area contributed by atoms with E-state index in [2.05, 4.69) is 10.5 Å². The Labute approximate surface area is 137 Å². The SMILES string of the molecule is C/C(=N/Nc1ccc(C(=O)[O-])cc1)c1cc2ccccc2oc1=O. The number of fused-ring (bicyclic) bond motifs is 1. The number of carbonyl (C=O) groups is 1. The molecule has 3 rings (SSSR count). The number of hydrazone groups is 1. The van der Waals surface area contributed by atoms with Crippen LogP contribution in [0.2, 0.25) is 0 Å². The molecule has 0 atom stereocenters. The molecule has 0 saturated carbocycles. The van der Waals surface area contributed by atoms with Gasteiger partial charge in [-0.15, -0.1) is 0 Å². The van der Waals surface area contributed by atoms with Crippen LogP contribution in [-0.2, 0) is 0 Å². The van der Waals surface area contributed by atoms with Crippen LogP contribution < -0.4 is 16.2 Å². The van der Waals surface area contributed by atoms with Gasteiger partial charge >= 0.3 is 5.63 Å². The molecule has 0 bridgehead atoms. The Hall–Kier alpha value is -3.41. The summed E-state index contributed by atoms with van der Waals surface area (Å²) in [4.78, 5) is 22.8. The lowest BCUT2D eigenvalue weighted by Gasteiger charge is -2.06. The lowest BCUT2D eigenvalue weighted by Crippen LogP contribution is -2.21. The molecular weight excluding hydrogens is 308 g/mol. The van der Waals surface area contributed by atoms with Gasteiger partial charge in [-0.05, 0) is 36.8 Å². The van der Waals surface area contributed by atoms with Gasteiger partial charge in [-0.25, -0.2) is 4.79 Å². The van der Waals surface area contributed by atoms with Crippen LogP contribution in [0.25, 0.3) is 11.0 Å². The van der Waals surface area contributed by atoms with Gasteiger partial charge in [0.25, 0.3) is 0 Å². The topological polar surface area (TPSA) is 94.7 Å². The van der Waals surface area contributed by atoms with Gasteiger partial charge in [0, 0.05) is 5.39 Å². The summed E-state index contributed by atoms with van der Waals surface area (Å²) in [5.74, 6) is -1.24. The number of aromatic carboxylic acids is 1. The molecule has 6 heteroatoms. The van der Waals surface area contributed by atoms with Crippen molar-refractivity contribution in [2.45, 2.75) is 6.92 Å². The fourth-order valence-electron chi connectivity index (χ4n) is 2.20. The quantitative estimate of drug-likeness (QED) is 0.450.